The lowest BCUT2D eigenvalue weighted by Crippen LogP contribution is -1.89. The van der Waals surface area contributed by atoms with Crippen molar-refractivity contribution in [2.75, 3.05) is 0 Å². The maximum atomic E-state index is 3.80. The SMILES string of the molecule is C=Cc1ccc(-c2cccc(I)c2I)c(I)c1. The van der Waals surface area contributed by atoms with E-state index in [-0.39, 0.29) is 0 Å². The summed E-state index contributed by atoms with van der Waals surface area (Å²) in [4.78, 5) is 0. The summed E-state index contributed by atoms with van der Waals surface area (Å²) in [5.41, 5.74) is 3.76. The van der Waals surface area contributed by atoms with Gasteiger partial charge in [-0.25, -0.2) is 0 Å². The quantitative estimate of drug-likeness (QED) is 0.409. The van der Waals surface area contributed by atoms with Crippen molar-refractivity contribution in [1.82, 2.24) is 0 Å². The van der Waals surface area contributed by atoms with Crippen LogP contribution < -0.4 is 0 Å². The second-order valence-corrected chi connectivity index (χ2v) is 6.95. The van der Waals surface area contributed by atoms with Gasteiger partial charge in [-0.2, -0.15) is 0 Å². The van der Waals surface area contributed by atoms with E-state index in [1.54, 1.807) is 0 Å². The smallest absolute Gasteiger partial charge is 0.0342 e. The summed E-state index contributed by atoms with van der Waals surface area (Å²) < 4.78 is 3.87. The third-order valence-electron chi connectivity index (χ3n) is 2.47. The van der Waals surface area contributed by atoms with Crippen molar-refractivity contribution < 1.29 is 0 Å². The van der Waals surface area contributed by atoms with Crippen LogP contribution in [0.15, 0.2) is 43.0 Å². The van der Waals surface area contributed by atoms with Crippen molar-refractivity contribution in [3.05, 3.63) is 59.3 Å². The molecular formula is C14H9I3. The Balaban J connectivity index is 2.61. The zero-order valence-electron chi connectivity index (χ0n) is 8.88. The molecule has 0 radical (unpaired) electrons. The van der Waals surface area contributed by atoms with Gasteiger partial charge in [0.25, 0.3) is 0 Å². The van der Waals surface area contributed by atoms with E-state index in [0.717, 1.165) is 0 Å². The van der Waals surface area contributed by atoms with Gasteiger partial charge in [-0.05, 0) is 96.6 Å². The van der Waals surface area contributed by atoms with Crippen LogP contribution >= 0.6 is 67.8 Å². The maximum absolute atomic E-state index is 3.80. The van der Waals surface area contributed by atoms with Gasteiger partial charge in [-0.3, -0.25) is 0 Å². The molecule has 2 aromatic rings. The Bertz CT molecular complexity index is 574. The normalized spacial score (nSPS) is 10.3. The number of benzene rings is 2. The maximum Gasteiger partial charge on any atom is 0.0342 e. The Morgan fingerprint density at radius 3 is 2.29 bits per heavy atom. The van der Waals surface area contributed by atoms with Gasteiger partial charge in [0.05, 0.1) is 0 Å². The summed E-state index contributed by atoms with van der Waals surface area (Å²) >= 11 is 7.18. The molecule has 0 nitrogen and oxygen atoms in total. The van der Waals surface area contributed by atoms with Crippen molar-refractivity contribution in [2.45, 2.75) is 0 Å². The first kappa shape index (κ1) is 13.8. The van der Waals surface area contributed by atoms with Gasteiger partial charge in [0.2, 0.25) is 0 Å². The second kappa shape index (κ2) is 6.01. The predicted molar refractivity (Wildman–Crippen MR) is 100 cm³/mol. The van der Waals surface area contributed by atoms with Crippen molar-refractivity contribution in [3.8, 4) is 11.1 Å². The van der Waals surface area contributed by atoms with Gasteiger partial charge < -0.3 is 0 Å². The van der Waals surface area contributed by atoms with E-state index in [1.807, 2.05) is 6.08 Å². The fraction of sp³-hybridized carbons (Fsp3) is 0. The molecule has 0 bridgehead atoms. The molecule has 3 heteroatoms. The second-order valence-electron chi connectivity index (χ2n) is 3.54. The van der Waals surface area contributed by atoms with E-state index in [0.29, 0.717) is 0 Å². The minimum Gasteiger partial charge on any atom is -0.0985 e. The van der Waals surface area contributed by atoms with Crippen LogP contribution in [0.2, 0.25) is 0 Å². The highest BCUT2D eigenvalue weighted by molar-refractivity contribution is 14.1. The molecule has 0 heterocycles. The van der Waals surface area contributed by atoms with Crippen LogP contribution in [0.5, 0.6) is 0 Å². The molecule has 86 valence electrons. The molecule has 0 saturated heterocycles. The molecule has 0 aliphatic carbocycles. The highest BCUT2D eigenvalue weighted by Crippen LogP contribution is 2.32. The molecule has 0 aliphatic heterocycles. The van der Waals surface area contributed by atoms with Gasteiger partial charge in [0.15, 0.2) is 0 Å². The third kappa shape index (κ3) is 3.04. The Labute approximate surface area is 142 Å². The van der Waals surface area contributed by atoms with Crippen LogP contribution in [-0.4, -0.2) is 0 Å². The van der Waals surface area contributed by atoms with Crippen LogP contribution in [0, 0.1) is 10.7 Å². The summed E-state index contributed by atoms with van der Waals surface area (Å²) in [6.45, 7) is 3.80. The molecule has 0 spiro atoms. The fourth-order valence-electron chi connectivity index (χ4n) is 1.59. The number of hydrogen-bond donors (Lipinski definition) is 0. The highest BCUT2D eigenvalue weighted by Gasteiger charge is 2.08. The van der Waals surface area contributed by atoms with Gasteiger partial charge in [0, 0.05) is 10.7 Å². The largest absolute Gasteiger partial charge is 0.0985 e. The lowest BCUT2D eigenvalue weighted by molar-refractivity contribution is 1.51. The molecule has 0 N–H and O–H groups in total. The van der Waals surface area contributed by atoms with E-state index in [1.165, 1.54) is 27.4 Å². The molecular weight excluding hydrogens is 549 g/mol. The molecule has 2 rings (SSSR count). The van der Waals surface area contributed by atoms with E-state index in [9.17, 15) is 0 Å². The number of rotatable bonds is 2. The Kier molecular flexibility index (Phi) is 4.88. The molecule has 0 unspecified atom stereocenters. The van der Waals surface area contributed by atoms with Crippen LogP contribution in [-0.2, 0) is 0 Å². The predicted octanol–water partition coefficient (Wildman–Crippen LogP) is 5.81. The fourth-order valence-corrected chi connectivity index (χ4v) is 3.57. The molecule has 0 amide bonds. The van der Waals surface area contributed by atoms with Crippen molar-refractivity contribution in [1.29, 1.82) is 0 Å². The molecule has 17 heavy (non-hydrogen) atoms. The average Bonchev–Trinajstić information content (AvgIpc) is 2.33. The first-order valence-corrected chi connectivity index (χ1v) is 8.23. The first-order valence-electron chi connectivity index (χ1n) is 5.00. The van der Waals surface area contributed by atoms with E-state index < -0.39 is 0 Å². The molecule has 0 atom stereocenters. The molecule has 0 saturated carbocycles. The Hall–Kier alpha value is 0.370. The van der Waals surface area contributed by atoms with E-state index in [4.69, 9.17) is 0 Å². The zero-order chi connectivity index (χ0) is 12.4. The minimum atomic E-state index is 1.17. The van der Waals surface area contributed by atoms with Crippen LogP contribution in [0.25, 0.3) is 17.2 Å². The van der Waals surface area contributed by atoms with E-state index in [2.05, 4.69) is 111 Å². The lowest BCUT2D eigenvalue weighted by atomic mass is 10.0. The minimum absolute atomic E-state index is 1.17. The van der Waals surface area contributed by atoms with Crippen molar-refractivity contribution in [2.24, 2.45) is 0 Å². The Morgan fingerprint density at radius 1 is 0.882 bits per heavy atom. The zero-order valence-corrected chi connectivity index (χ0v) is 15.4. The summed E-state index contributed by atoms with van der Waals surface area (Å²) in [5.74, 6) is 0. The van der Waals surface area contributed by atoms with Crippen molar-refractivity contribution >= 4 is 73.8 Å². The van der Waals surface area contributed by atoms with Crippen LogP contribution in [0.3, 0.4) is 0 Å². The van der Waals surface area contributed by atoms with Gasteiger partial charge in [0.1, 0.15) is 0 Å². The molecule has 0 fully saturated rings. The van der Waals surface area contributed by atoms with Gasteiger partial charge in [-0.15, -0.1) is 0 Å². The monoisotopic (exact) mass is 558 g/mol. The van der Waals surface area contributed by atoms with Gasteiger partial charge >= 0.3 is 0 Å². The topological polar surface area (TPSA) is 0 Å². The van der Waals surface area contributed by atoms with Crippen LogP contribution in [0.1, 0.15) is 5.56 Å². The summed E-state index contributed by atoms with van der Waals surface area (Å²) in [7, 11) is 0. The Morgan fingerprint density at radius 2 is 1.65 bits per heavy atom. The molecule has 2 aromatic carbocycles. The van der Waals surface area contributed by atoms with Crippen LogP contribution in [0.4, 0.5) is 0 Å². The van der Waals surface area contributed by atoms with Gasteiger partial charge in [-0.1, -0.05) is 36.9 Å². The summed E-state index contributed by atoms with van der Waals surface area (Å²) in [5, 5.41) is 0. The lowest BCUT2D eigenvalue weighted by Gasteiger charge is -2.09. The average molecular weight is 558 g/mol. The summed E-state index contributed by atoms with van der Waals surface area (Å²) in [6, 6.07) is 12.9. The summed E-state index contributed by atoms with van der Waals surface area (Å²) in [6.07, 6.45) is 1.88. The standard InChI is InChI=1S/C14H9I3/c1-2-9-6-7-10(13(16)8-9)11-4-3-5-12(15)14(11)17/h2-8H,1H2. The molecule has 0 aliphatic rings. The first-order chi connectivity index (χ1) is 8.13. The van der Waals surface area contributed by atoms with Crippen molar-refractivity contribution in [3.63, 3.8) is 0 Å². The number of hydrogen-bond acceptors (Lipinski definition) is 0. The highest BCUT2D eigenvalue weighted by atomic mass is 127. The molecule has 0 aromatic heterocycles. The van der Waals surface area contributed by atoms with E-state index >= 15 is 0 Å². The third-order valence-corrected chi connectivity index (χ3v) is 6.46. The number of halogens is 3.